The summed E-state index contributed by atoms with van der Waals surface area (Å²) in [5.41, 5.74) is -0.135. The maximum absolute atomic E-state index is 14.4. The van der Waals surface area contributed by atoms with Crippen LogP contribution in [0.15, 0.2) is 102 Å². The molecule has 3 aromatic carbocycles. The molecule has 2 aromatic heterocycles. The van der Waals surface area contributed by atoms with E-state index >= 15 is 0 Å². The fourth-order valence-electron chi connectivity index (χ4n) is 5.71. The van der Waals surface area contributed by atoms with E-state index in [-0.39, 0.29) is 39.1 Å². The van der Waals surface area contributed by atoms with E-state index in [1.54, 1.807) is 42.5 Å². The fourth-order valence-corrected chi connectivity index (χ4v) is 7.10. The molecule has 228 valence electrons. The minimum atomic E-state index is -4.77. The highest BCUT2D eigenvalue weighted by Crippen LogP contribution is 2.41. The van der Waals surface area contributed by atoms with Crippen molar-refractivity contribution in [3.05, 3.63) is 108 Å². The van der Waals surface area contributed by atoms with E-state index in [0.29, 0.717) is 11.9 Å². The summed E-state index contributed by atoms with van der Waals surface area (Å²) in [6.07, 6.45) is -1.90. The average Bonchev–Trinajstić information content (AvgIpc) is 3.40. The zero-order valence-electron chi connectivity index (χ0n) is 24.3. The number of hydrogen-bond acceptors (Lipinski definition) is 6. The van der Waals surface area contributed by atoms with Crippen molar-refractivity contribution in [1.82, 2.24) is 18.8 Å². The van der Waals surface area contributed by atoms with Crippen LogP contribution >= 0.6 is 0 Å². The lowest BCUT2D eigenvalue weighted by atomic mass is 9.78. The predicted molar refractivity (Wildman–Crippen MR) is 165 cm³/mol. The normalized spacial score (nSPS) is 17.5. The summed E-state index contributed by atoms with van der Waals surface area (Å²) in [7, 11) is -4.11. The number of aromatic nitrogens is 3. The number of rotatable bonds is 7. The van der Waals surface area contributed by atoms with Gasteiger partial charge < -0.3 is 5.32 Å². The molecule has 44 heavy (non-hydrogen) atoms. The number of benzene rings is 3. The van der Waals surface area contributed by atoms with E-state index in [0.717, 1.165) is 29.7 Å². The van der Waals surface area contributed by atoms with Crippen molar-refractivity contribution >= 4 is 26.9 Å². The molecule has 1 aliphatic heterocycles. The topological polar surface area (TPSA) is 80.1 Å². The highest BCUT2D eigenvalue weighted by atomic mass is 32.2. The van der Waals surface area contributed by atoms with Crippen LogP contribution in [-0.2, 0) is 22.7 Å². The lowest BCUT2D eigenvalue weighted by Crippen LogP contribution is -2.51. The second-order valence-electron chi connectivity index (χ2n) is 11.8. The first kappa shape index (κ1) is 29.8. The van der Waals surface area contributed by atoms with Gasteiger partial charge in [-0.15, -0.1) is 0 Å². The van der Waals surface area contributed by atoms with Gasteiger partial charge in [-0.2, -0.15) is 13.2 Å². The van der Waals surface area contributed by atoms with Crippen LogP contribution in [0.4, 0.5) is 19.1 Å². The molecule has 1 atom stereocenters. The third-order valence-electron chi connectivity index (χ3n) is 8.34. The number of halogens is 3. The second kappa shape index (κ2) is 11.4. The monoisotopic (exact) mass is 619 g/mol. The van der Waals surface area contributed by atoms with Crippen LogP contribution in [0, 0.1) is 5.41 Å². The Balaban J connectivity index is 1.41. The number of nitrogens with zero attached hydrogens (tertiary/aromatic N) is 4. The van der Waals surface area contributed by atoms with Gasteiger partial charge in [0.15, 0.2) is 0 Å². The Hall–Kier alpha value is -4.22. The van der Waals surface area contributed by atoms with Crippen LogP contribution in [0.25, 0.3) is 22.2 Å². The minimum absolute atomic E-state index is 0.0213. The number of nitrogens with one attached hydrogen (secondary N) is 1. The van der Waals surface area contributed by atoms with Gasteiger partial charge in [-0.3, -0.25) is 4.90 Å². The molecular formula is C33H32F3N5O2S. The summed E-state index contributed by atoms with van der Waals surface area (Å²) in [5, 5.41) is 3.66. The largest absolute Gasteiger partial charge is 0.419 e. The van der Waals surface area contributed by atoms with Crippen molar-refractivity contribution in [2.24, 2.45) is 5.41 Å². The van der Waals surface area contributed by atoms with Crippen molar-refractivity contribution < 1.29 is 21.6 Å². The Morgan fingerprint density at radius 2 is 1.61 bits per heavy atom. The first-order chi connectivity index (χ1) is 20.9. The van der Waals surface area contributed by atoms with Gasteiger partial charge in [0.1, 0.15) is 5.56 Å². The highest BCUT2D eigenvalue weighted by Gasteiger charge is 2.39. The first-order valence-electron chi connectivity index (χ1n) is 14.3. The quantitative estimate of drug-likeness (QED) is 0.210. The van der Waals surface area contributed by atoms with Gasteiger partial charge in [0.05, 0.1) is 16.1 Å². The van der Waals surface area contributed by atoms with Crippen LogP contribution in [0.5, 0.6) is 0 Å². The van der Waals surface area contributed by atoms with Crippen molar-refractivity contribution in [2.75, 3.05) is 18.4 Å². The van der Waals surface area contributed by atoms with Crippen molar-refractivity contribution in [3.63, 3.8) is 0 Å². The number of anilines is 1. The molecule has 1 fully saturated rings. The number of para-hydroxylation sites is 1. The second-order valence-corrected chi connectivity index (χ2v) is 13.6. The zero-order valence-corrected chi connectivity index (χ0v) is 25.1. The summed E-state index contributed by atoms with van der Waals surface area (Å²) in [5.74, 6) is 0.0513. The molecule has 0 unspecified atom stereocenters. The first-order valence-corrected chi connectivity index (χ1v) is 15.8. The van der Waals surface area contributed by atoms with Crippen molar-refractivity contribution in [2.45, 2.75) is 43.9 Å². The molecule has 0 saturated carbocycles. The van der Waals surface area contributed by atoms with Gasteiger partial charge in [0.25, 0.3) is 10.0 Å². The van der Waals surface area contributed by atoms with Crippen LogP contribution in [0.2, 0.25) is 0 Å². The summed E-state index contributed by atoms with van der Waals surface area (Å²) in [4.78, 5) is 10.9. The lowest BCUT2D eigenvalue weighted by molar-refractivity contribution is -0.137. The Morgan fingerprint density at radius 1 is 0.955 bits per heavy atom. The fraction of sp³-hybridized carbons (Fsp3) is 0.273. The number of likely N-dealkylation sites (tertiary alicyclic amines) is 1. The summed E-state index contributed by atoms with van der Waals surface area (Å²) in [6.45, 7) is 6.53. The molecule has 1 aliphatic rings. The van der Waals surface area contributed by atoms with Crippen LogP contribution in [0.3, 0.4) is 0 Å². The van der Waals surface area contributed by atoms with E-state index in [1.807, 2.05) is 18.2 Å². The maximum atomic E-state index is 14.4. The molecular weight excluding hydrogens is 587 g/mol. The van der Waals surface area contributed by atoms with Crippen LogP contribution in [-0.4, -0.2) is 46.4 Å². The molecule has 0 amide bonds. The maximum Gasteiger partial charge on any atom is 0.419 e. The van der Waals surface area contributed by atoms with Crippen molar-refractivity contribution in [3.8, 4) is 11.3 Å². The number of alkyl halides is 3. The summed E-state index contributed by atoms with van der Waals surface area (Å²) < 4.78 is 71.4. The van der Waals surface area contributed by atoms with Gasteiger partial charge in [-0.25, -0.2) is 22.4 Å². The molecule has 0 spiro atoms. The standard InChI is InChI=1S/C33H32F3N5O2S/c1-32(2)17-18-40(20-23-11-5-3-6-12-23)22-29(32)38-31-37-19-27(33(34,35)36)30(39-31)26-21-41(28-16-10-9-15-25(26)28)44(42,43)24-13-7-4-8-14-24/h3-16,19,21,29H,17-18,20,22H2,1-2H3,(H,37,38,39)/t29-/m1/s1. The third kappa shape index (κ3) is 5.81. The Bertz CT molecular complexity index is 1890. The molecule has 5 aromatic rings. The van der Waals surface area contributed by atoms with Gasteiger partial charge in [-0.05, 0) is 42.1 Å². The molecule has 3 heterocycles. The number of fused-ring (bicyclic) bond motifs is 1. The van der Waals surface area contributed by atoms with Gasteiger partial charge >= 0.3 is 6.18 Å². The van der Waals surface area contributed by atoms with Gasteiger partial charge in [0, 0.05) is 42.5 Å². The van der Waals surface area contributed by atoms with Crippen molar-refractivity contribution in [1.29, 1.82) is 0 Å². The van der Waals surface area contributed by atoms with E-state index in [9.17, 15) is 21.6 Å². The molecule has 7 nitrogen and oxygen atoms in total. The van der Waals surface area contributed by atoms with Gasteiger partial charge in [0.2, 0.25) is 5.95 Å². The minimum Gasteiger partial charge on any atom is -0.350 e. The molecule has 1 N–H and O–H groups in total. The van der Waals surface area contributed by atoms with E-state index in [4.69, 9.17) is 0 Å². The molecule has 0 aliphatic carbocycles. The number of hydrogen-bond donors (Lipinski definition) is 1. The summed E-state index contributed by atoms with van der Waals surface area (Å²) >= 11 is 0. The Morgan fingerprint density at radius 3 is 2.32 bits per heavy atom. The molecule has 6 rings (SSSR count). The van der Waals surface area contributed by atoms with E-state index in [2.05, 4.69) is 46.2 Å². The molecule has 0 radical (unpaired) electrons. The van der Waals surface area contributed by atoms with Gasteiger partial charge in [-0.1, -0.05) is 80.6 Å². The number of piperidine rings is 1. The van der Waals surface area contributed by atoms with E-state index < -0.39 is 21.8 Å². The smallest absolute Gasteiger partial charge is 0.350 e. The van der Waals surface area contributed by atoms with E-state index in [1.165, 1.54) is 23.9 Å². The summed E-state index contributed by atoms with van der Waals surface area (Å²) in [6, 6.07) is 24.2. The third-order valence-corrected chi connectivity index (χ3v) is 10.0. The lowest BCUT2D eigenvalue weighted by Gasteiger charge is -2.44. The molecule has 1 saturated heterocycles. The van der Waals surface area contributed by atoms with Crippen LogP contribution < -0.4 is 5.32 Å². The molecule has 11 heteroatoms. The SMILES string of the molecule is CC1(C)CCN(Cc2ccccc2)C[C@H]1Nc1ncc(C(F)(F)F)c(-c2cn(S(=O)(=O)c3ccccc3)c3ccccc23)n1. The Kier molecular flexibility index (Phi) is 7.71. The Labute approximate surface area is 254 Å². The average molecular weight is 620 g/mol. The predicted octanol–water partition coefficient (Wildman–Crippen LogP) is 7.07. The highest BCUT2D eigenvalue weighted by molar-refractivity contribution is 7.90. The molecule has 0 bridgehead atoms. The van der Waals surface area contributed by atoms with Crippen LogP contribution in [0.1, 0.15) is 31.4 Å². The zero-order chi connectivity index (χ0) is 31.1.